The average Bonchev–Trinajstić information content (AvgIpc) is 1.62. The molecule has 0 amide bonds. The van der Waals surface area contributed by atoms with E-state index < -0.39 is 185 Å². The Morgan fingerprint density at radius 3 is 1.68 bits per heavy atom. The summed E-state index contributed by atoms with van der Waals surface area (Å²) in [5.74, 6) is -1.34. The van der Waals surface area contributed by atoms with Gasteiger partial charge in [-0.1, -0.05) is 4.98 Å². The summed E-state index contributed by atoms with van der Waals surface area (Å²) in [7, 11) is -28.9. The Kier molecular flexibility index (Phi) is 19.4. The third kappa shape index (κ3) is 14.1. The second-order valence-corrected chi connectivity index (χ2v) is 30.1. The summed E-state index contributed by atoms with van der Waals surface area (Å²) in [5, 5.41) is 52.2. The number of nitrogens with two attached hydrogens (primary N) is 4. The van der Waals surface area contributed by atoms with Crippen molar-refractivity contribution in [1.82, 2.24) is 73.1 Å². The predicted octanol–water partition coefficient (Wildman–Crippen LogP) is -8.68. The molecule has 8 aromatic heterocycles. The molecule has 12 heterocycles. The molecule has 4 saturated heterocycles. The van der Waals surface area contributed by atoms with Gasteiger partial charge >= 0.3 is 5.65 Å². The molecule has 4 aliphatic heterocycles. The molecule has 21 atom stereocenters. The molecule has 21 unspecified atom stereocenters. The van der Waals surface area contributed by atoms with Crippen LogP contribution < -0.4 is 68.6 Å². The highest BCUT2D eigenvalue weighted by molar-refractivity contribution is 8.00. The van der Waals surface area contributed by atoms with Crippen molar-refractivity contribution >= 4 is 119 Å². The van der Waals surface area contributed by atoms with Gasteiger partial charge in [0.05, 0.1) is 57.7 Å². The lowest BCUT2D eigenvalue weighted by Crippen LogP contribution is -2.46. The van der Waals surface area contributed by atoms with Crippen LogP contribution in [0, 0.1) is 0 Å². The Hall–Kier alpha value is -6.58. The number of phosphoric acid groups is 5. The smallest absolute Gasteiger partial charge is 0.313 e. The van der Waals surface area contributed by atoms with Crippen LogP contribution in [-0.2, 0) is 84.6 Å². The van der Waals surface area contributed by atoms with Gasteiger partial charge in [-0.25, -0.2) is 38.1 Å². The Bertz CT molecular complexity index is 4830. The van der Waals surface area contributed by atoms with Gasteiger partial charge < -0.3 is 119 Å². The maximum Gasteiger partial charge on any atom is 0.313 e. The first-order valence-electron chi connectivity index (χ1n) is 27.6. The second-order valence-electron chi connectivity index (χ2n) is 21.5. The van der Waals surface area contributed by atoms with E-state index in [0.29, 0.717) is 11.8 Å². The van der Waals surface area contributed by atoms with Crippen LogP contribution in [0.3, 0.4) is 0 Å². The van der Waals surface area contributed by atoms with Gasteiger partial charge in [-0.15, -0.1) is 11.8 Å². The van der Waals surface area contributed by atoms with Crippen molar-refractivity contribution in [2.75, 3.05) is 56.5 Å². The quantitative estimate of drug-likeness (QED) is 0.0187. The lowest BCUT2D eigenvalue weighted by Gasteiger charge is -2.35. The van der Waals surface area contributed by atoms with Crippen molar-refractivity contribution in [2.45, 2.75) is 96.5 Å². The maximum absolute atomic E-state index is 14.2. The van der Waals surface area contributed by atoms with E-state index in [1.165, 1.54) is 17.9 Å². The number of fused-ring (bicyclic) bond motifs is 4. The van der Waals surface area contributed by atoms with Gasteiger partial charge in [0.2, 0.25) is 23.6 Å². The molecule has 56 heteroatoms. The first-order valence-corrected chi connectivity index (χ1v) is 35.9. The lowest BCUT2D eigenvalue weighted by molar-refractivity contribution is -0.745. The van der Waals surface area contributed by atoms with E-state index in [1.54, 1.807) is 0 Å². The standard InChI is InChI=1S/C42H55N20O30P5S/c1-58-11-62(32-19(58)35(70)57-42(46)54-32)37-23(66)21(64)13(87-37)4-83-95(75,76)91-97(79,80)92-96(77,78)84-5-14-25(27(81-2)38(88-14)59-8-49-16-28(43)47-7-48-29(16)59)89-94(73,74)85-6-15-26(24(67)39(98-15)61-10-51-18-31(61)53-41(45)56-34(18)69)90-93(71,72)82-3-12-20(63)22(65)36(86-12)60-9-50-17-30(60)52-40(44)55-33(17)68/h7-15,20-27,36-39,63-67H,3-6H2,1-2H3,(H15-,43,44,45,46,47,48,52,53,54,55,56,57,68,69,70,71,72,73,74,75,76,77,78,79,80)/p-4. The van der Waals surface area contributed by atoms with Gasteiger partial charge in [0.1, 0.15) is 84.4 Å². The normalized spacial score (nSPS) is 30.7. The van der Waals surface area contributed by atoms with Crippen LogP contribution in [0.1, 0.15) is 24.1 Å². The largest absolute Gasteiger partial charge is 0.756 e. The van der Waals surface area contributed by atoms with Gasteiger partial charge in [0.25, 0.3) is 61.7 Å². The van der Waals surface area contributed by atoms with Gasteiger partial charge in [0.15, 0.2) is 52.6 Å². The van der Waals surface area contributed by atoms with Crippen LogP contribution in [0.15, 0.2) is 46.0 Å². The third-order valence-electron chi connectivity index (χ3n) is 15.2. The van der Waals surface area contributed by atoms with Crippen molar-refractivity contribution in [3.05, 3.63) is 62.7 Å². The number of rotatable bonds is 25. The number of imidazole rings is 4. The first kappa shape index (κ1) is 71.3. The van der Waals surface area contributed by atoms with E-state index in [9.17, 15) is 87.2 Å². The molecule has 4 aliphatic rings. The first-order chi connectivity index (χ1) is 46.0. The molecule has 0 radical (unpaired) electrons. The van der Waals surface area contributed by atoms with Crippen LogP contribution >= 0.6 is 50.9 Å². The number of hydrogen-bond donors (Lipinski definition) is 12. The summed E-state index contributed by atoms with van der Waals surface area (Å²) in [6.45, 7) is -5.17. The number of methoxy groups -OCH3 is 1. The van der Waals surface area contributed by atoms with E-state index in [0.717, 1.165) is 50.7 Å². The topological polar surface area (TPSA) is 742 Å². The predicted molar refractivity (Wildman–Crippen MR) is 308 cm³/mol. The number of H-pyrrole nitrogens is 3. The third-order valence-corrected chi connectivity index (χ3v) is 22.8. The number of anilines is 4. The highest BCUT2D eigenvalue weighted by Gasteiger charge is 2.53. The molecule has 0 bridgehead atoms. The number of phosphoric ester groups is 4. The van der Waals surface area contributed by atoms with Gasteiger partial charge in [0, 0.05) is 7.11 Å². The number of aliphatic hydroxyl groups is 5. The summed E-state index contributed by atoms with van der Waals surface area (Å²) >= 11 is 0.543. The maximum atomic E-state index is 14.2. The van der Waals surface area contributed by atoms with Crippen LogP contribution in [0.25, 0.3) is 44.7 Å². The number of aliphatic hydroxyl groups excluding tert-OH is 5. The fourth-order valence-corrected chi connectivity index (χ4v) is 17.9. The van der Waals surface area contributed by atoms with E-state index >= 15 is 0 Å². The minimum Gasteiger partial charge on any atom is -0.756 e. The van der Waals surface area contributed by atoms with Crippen molar-refractivity contribution in [3.8, 4) is 0 Å². The number of nitrogens with one attached hydrogen (secondary N) is 3. The molecule has 534 valence electrons. The van der Waals surface area contributed by atoms with E-state index in [-0.39, 0.29) is 62.4 Å². The Labute approximate surface area is 545 Å². The van der Waals surface area contributed by atoms with Gasteiger partial charge in [-0.2, -0.15) is 9.97 Å². The molecule has 4 fully saturated rings. The highest BCUT2D eigenvalue weighted by Crippen LogP contribution is 2.63. The SMILES string of the molecule is COC1C(OP(=O)([O-])OCC2SC(n3cnc4c(=O)[nH]c(N)nc43)C(O)C2OP(=O)([O-])OCC2OC(n3cnc4c(=O)[nH]c(N)nc43)C(O)C2O)C(COP(=O)([O-])OP(=O)([O-])OP(=O)([O-])OCC2OC([n+]3cn(C)c4c(=O)[nH]c(N)nc43)C(O)C2O)OC1n1cnc2c(N)ncnc21. The molecule has 0 aromatic carbocycles. The Morgan fingerprint density at radius 2 is 1.06 bits per heavy atom. The molecular weight excluding hydrogens is 1450 g/mol. The van der Waals surface area contributed by atoms with Crippen LogP contribution in [-0.4, -0.2) is 205 Å². The molecule has 0 spiro atoms. The summed E-state index contributed by atoms with van der Waals surface area (Å²) in [6.07, 6.45) is -21.0. The van der Waals surface area contributed by atoms with E-state index in [2.05, 4.69) is 68.0 Å². The molecule has 98 heavy (non-hydrogen) atoms. The monoisotopic (exact) mass is 1500 g/mol. The number of thioether (sulfide) groups is 1. The number of hydrogen-bond acceptors (Lipinski definition) is 43. The lowest BCUT2D eigenvalue weighted by atomic mass is 10.1. The Balaban J connectivity index is 0.740. The van der Waals surface area contributed by atoms with Gasteiger partial charge in [-0.3, -0.25) is 70.4 Å². The zero-order valence-corrected chi connectivity index (χ0v) is 54.5. The van der Waals surface area contributed by atoms with Crippen LogP contribution in [0.2, 0.25) is 0 Å². The summed E-state index contributed by atoms with van der Waals surface area (Å²) in [5.41, 5.74) is 19.3. The minimum atomic E-state index is -6.70. The van der Waals surface area contributed by atoms with Crippen LogP contribution in [0.5, 0.6) is 0 Å². The van der Waals surface area contributed by atoms with E-state index in [4.69, 9.17) is 64.5 Å². The second kappa shape index (κ2) is 26.7. The molecule has 50 nitrogen and oxygen atoms in total. The number of aromatic nitrogens is 16. The van der Waals surface area contributed by atoms with Crippen LogP contribution in [0.4, 0.5) is 23.7 Å². The summed E-state index contributed by atoms with van der Waals surface area (Å²) in [6, 6.07) is 0. The molecular formula is C42H51N20O30P5S-4. The van der Waals surface area contributed by atoms with E-state index in [1.807, 2.05) is 0 Å². The number of ether oxygens (including phenoxy) is 4. The molecule has 12 rings (SSSR count). The van der Waals surface area contributed by atoms with Gasteiger partial charge in [-0.05, 0) is 0 Å². The van der Waals surface area contributed by atoms with Crippen molar-refractivity contribution in [1.29, 1.82) is 0 Å². The molecule has 0 aliphatic carbocycles. The number of nitrogens with zero attached hydrogens (tertiary/aromatic N) is 13. The van der Waals surface area contributed by atoms with Crippen molar-refractivity contribution < 1.29 is 132 Å². The van der Waals surface area contributed by atoms with Crippen molar-refractivity contribution in [2.24, 2.45) is 7.05 Å². The average molecular weight is 1500 g/mol. The zero-order valence-electron chi connectivity index (χ0n) is 49.2. The number of aromatic amines is 3. The molecule has 8 aromatic rings. The highest BCUT2D eigenvalue weighted by atomic mass is 32.2. The number of nitrogen functional groups attached to an aromatic ring is 4. The fraction of sp³-hybridized carbons (Fsp3) is 0.524. The molecule has 16 N–H and O–H groups in total. The van der Waals surface area contributed by atoms with Crippen molar-refractivity contribution in [3.63, 3.8) is 0 Å². The zero-order chi connectivity index (χ0) is 70.6. The summed E-state index contributed by atoms with van der Waals surface area (Å²) < 4.78 is 134. The number of aryl methyl sites for hydroxylation is 1. The Morgan fingerprint density at radius 1 is 0.561 bits per heavy atom. The summed E-state index contributed by atoms with van der Waals surface area (Å²) in [4.78, 5) is 143. The minimum absolute atomic E-state index is 0.0606. The molecule has 0 saturated carbocycles. The fourth-order valence-electron chi connectivity index (χ4n) is 10.9.